The van der Waals surface area contributed by atoms with Crippen molar-refractivity contribution in [1.82, 2.24) is 5.32 Å². The molecule has 1 aromatic carbocycles. The van der Waals surface area contributed by atoms with Gasteiger partial charge in [-0.05, 0) is 24.6 Å². The Morgan fingerprint density at radius 2 is 2.06 bits per heavy atom. The van der Waals surface area contributed by atoms with Gasteiger partial charge in [0.2, 0.25) is 11.8 Å². The fourth-order valence-corrected chi connectivity index (χ4v) is 1.38. The molecule has 0 aliphatic heterocycles. The lowest BCUT2D eigenvalue weighted by Crippen LogP contribution is -2.32. The Hall–Kier alpha value is -1.91. The number of nitrogens with one attached hydrogen (secondary N) is 2. The highest BCUT2D eigenvalue weighted by atomic mass is 19.1. The van der Waals surface area contributed by atoms with Gasteiger partial charge < -0.3 is 10.6 Å². The maximum Gasteiger partial charge on any atom is 0.243 e. The molecule has 1 aromatic rings. The molecule has 98 valence electrons. The number of halogens is 1. The van der Waals surface area contributed by atoms with E-state index in [0.717, 1.165) is 12.8 Å². The molecule has 0 heterocycles. The van der Waals surface area contributed by atoms with Crippen molar-refractivity contribution in [2.75, 3.05) is 11.9 Å². The molecule has 0 spiro atoms. The second kappa shape index (κ2) is 7.42. The quantitative estimate of drug-likeness (QED) is 0.814. The van der Waals surface area contributed by atoms with Crippen molar-refractivity contribution < 1.29 is 14.0 Å². The van der Waals surface area contributed by atoms with Gasteiger partial charge in [0.25, 0.3) is 0 Å². The first kappa shape index (κ1) is 14.2. The van der Waals surface area contributed by atoms with E-state index in [0.29, 0.717) is 12.1 Å². The minimum Gasteiger partial charge on any atom is -0.347 e. The molecule has 0 aromatic heterocycles. The minimum atomic E-state index is -0.417. The van der Waals surface area contributed by atoms with Crippen LogP contribution in [0, 0.1) is 5.82 Å². The van der Waals surface area contributed by atoms with Gasteiger partial charge in [-0.15, -0.1) is 0 Å². The van der Waals surface area contributed by atoms with Crippen molar-refractivity contribution in [2.45, 2.75) is 26.2 Å². The molecule has 0 bridgehead atoms. The fraction of sp³-hybridized carbons (Fsp3) is 0.385. The molecule has 0 radical (unpaired) electrons. The van der Waals surface area contributed by atoms with Gasteiger partial charge in [0.15, 0.2) is 0 Å². The van der Waals surface area contributed by atoms with Crippen molar-refractivity contribution in [3.05, 3.63) is 30.1 Å². The number of hydrogen-bond acceptors (Lipinski definition) is 2. The fourth-order valence-electron chi connectivity index (χ4n) is 1.38. The van der Waals surface area contributed by atoms with Gasteiger partial charge in [-0.25, -0.2) is 4.39 Å². The zero-order chi connectivity index (χ0) is 13.4. The Balaban J connectivity index is 2.31. The first-order valence-electron chi connectivity index (χ1n) is 5.94. The van der Waals surface area contributed by atoms with E-state index in [2.05, 4.69) is 10.6 Å². The molecule has 0 aliphatic rings. The summed E-state index contributed by atoms with van der Waals surface area (Å²) in [5.74, 6) is -0.934. The Bertz CT molecular complexity index is 421. The Morgan fingerprint density at radius 3 is 2.72 bits per heavy atom. The van der Waals surface area contributed by atoms with E-state index in [4.69, 9.17) is 0 Å². The third-order valence-corrected chi connectivity index (χ3v) is 2.31. The molecule has 0 fully saturated rings. The van der Waals surface area contributed by atoms with Crippen molar-refractivity contribution in [3.63, 3.8) is 0 Å². The Labute approximate surface area is 106 Å². The lowest BCUT2D eigenvalue weighted by atomic mass is 10.2. The van der Waals surface area contributed by atoms with E-state index in [1.807, 2.05) is 6.92 Å². The van der Waals surface area contributed by atoms with Crippen LogP contribution in [0.3, 0.4) is 0 Å². The van der Waals surface area contributed by atoms with E-state index in [9.17, 15) is 14.0 Å². The highest BCUT2D eigenvalue weighted by Gasteiger charge is 2.05. The summed E-state index contributed by atoms with van der Waals surface area (Å²) in [5, 5.41) is 5.01. The van der Waals surface area contributed by atoms with Crippen LogP contribution in [0.15, 0.2) is 24.3 Å². The highest BCUT2D eigenvalue weighted by Crippen LogP contribution is 2.08. The Kier molecular flexibility index (Phi) is 5.84. The first-order chi connectivity index (χ1) is 8.61. The van der Waals surface area contributed by atoms with Crippen LogP contribution in [0.4, 0.5) is 10.1 Å². The van der Waals surface area contributed by atoms with Gasteiger partial charge >= 0.3 is 0 Å². The summed E-state index contributed by atoms with van der Waals surface area (Å²) in [6.45, 7) is 1.89. The highest BCUT2D eigenvalue weighted by molar-refractivity contribution is 5.94. The molecule has 0 saturated heterocycles. The van der Waals surface area contributed by atoms with E-state index < -0.39 is 5.82 Å². The van der Waals surface area contributed by atoms with E-state index >= 15 is 0 Å². The third-order valence-electron chi connectivity index (χ3n) is 2.31. The first-order valence-corrected chi connectivity index (χ1v) is 5.94. The number of carbonyl (C=O) groups is 2. The maximum absolute atomic E-state index is 12.8. The van der Waals surface area contributed by atoms with Crippen molar-refractivity contribution in [1.29, 1.82) is 0 Å². The summed E-state index contributed by atoms with van der Waals surface area (Å²) in [7, 11) is 0. The summed E-state index contributed by atoms with van der Waals surface area (Å²) in [5.41, 5.74) is 0.378. The molecule has 5 heteroatoms. The molecule has 4 nitrogen and oxygen atoms in total. The van der Waals surface area contributed by atoms with Gasteiger partial charge in [0.1, 0.15) is 5.82 Å². The zero-order valence-electron chi connectivity index (χ0n) is 10.3. The van der Waals surface area contributed by atoms with Gasteiger partial charge in [-0.3, -0.25) is 9.59 Å². The van der Waals surface area contributed by atoms with Crippen LogP contribution in [0.25, 0.3) is 0 Å². The normalized spacial score (nSPS) is 9.89. The SMILES string of the molecule is CCCCC(=O)NCC(=O)Nc1cccc(F)c1. The smallest absolute Gasteiger partial charge is 0.243 e. The molecule has 0 saturated carbocycles. The van der Waals surface area contributed by atoms with Gasteiger partial charge in [0, 0.05) is 12.1 Å². The number of hydrogen-bond donors (Lipinski definition) is 2. The summed E-state index contributed by atoms with van der Waals surface area (Å²) in [6, 6.07) is 5.60. The number of benzene rings is 1. The third kappa shape index (κ3) is 5.43. The molecule has 0 unspecified atom stereocenters. The number of amides is 2. The number of unbranched alkanes of at least 4 members (excludes halogenated alkanes) is 1. The van der Waals surface area contributed by atoms with Crippen molar-refractivity contribution in [3.8, 4) is 0 Å². The standard InChI is InChI=1S/C13H17FN2O2/c1-2-3-7-12(17)15-9-13(18)16-11-6-4-5-10(14)8-11/h4-6,8H,2-3,7,9H2,1H3,(H,15,17)(H,16,18). The van der Waals surface area contributed by atoms with Crippen LogP contribution < -0.4 is 10.6 Å². The topological polar surface area (TPSA) is 58.2 Å². The van der Waals surface area contributed by atoms with Crippen LogP contribution in [0.5, 0.6) is 0 Å². The lowest BCUT2D eigenvalue weighted by molar-refractivity contribution is -0.124. The molecular formula is C13H17FN2O2. The molecule has 2 amide bonds. The largest absolute Gasteiger partial charge is 0.347 e. The van der Waals surface area contributed by atoms with E-state index in [1.165, 1.54) is 18.2 Å². The van der Waals surface area contributed by atoms with Crippen molar-refractivity contribution in [2.24, 2.45) is 0 Å². The summed E-state index contributed by atoms with van der Waals surface area (Å²) in [4.78, 5) is 22.7. The predicted octanol–water partition coefficient (Wildman–Crippen LogP) is 2.07. The number of carbonyl (C=O) groups excluding carboxylic acids is 2. The Morgan fingerprint density at radius 1 is 1.28 bits per heavy atom. The van der Waals surface area contributed by atoms with Crippen LogP contribution in [0.1, 0.15) is 26.2 Å². The number of rotatable bonds is 6. The monoisotopic (exact) mass is 252 g/mol. The molecule has 0 aliphatic carbocycles. The predicted molar refractivity (Wildman–Crippen MR) is 67.6 cm³/mol. The summed E-state index contributed by atoms with van der Waals surface area (Å²) < 4.78 is 12.8. The molecule has 0 atom stereocenters. The minimum absolute atomic E-state index is 0.0982. The molecule has 1 rings (SSSR count). The van der Waals surface area contributed by atoms with E-state index in [1.54, 1.807) is 6.07 Å². The van der Waals surface area contributed by atoms with E-state index in [-0.39, 0.29) is 18.4 Å². The number of anilines is 1. The average Bonchev–Trinajstić information content (AvgIpc) is 2.34. The van der Waals surface area contributed by atoms with Crippen LogP contribution >= 0.6 is 0 Å². The van der Waals surface area contributed by atoms with Crippen molar-refractivity contribution >= 4 is 17.5 Å². The summed E-state index contributed by atoms with van der Waals surface area (Å²) >= 11 is 0. The average molecular weight is 252 g/mol. The summed E-state index contributed by atoms with van der Waals surface area (Å²) in [6.07, 6.45) is 2.16. The molecular weight excluding hydrogens is 235 g/mol. The lowest BCUT2D eigenvalue weighted by Gasteiger charge is -2.06. The second-order valence-electron chi connectivity index (χ2n) is 3.94. The molecule has 2 N–H and O–H groups in total. The zero-order valence-corrected chi connectivity index (χ0v) is 10.3. The van der Waals surface area contributed by atoms with Crippen LogP contribution in [-0.4, -0.2) is 18.4 Å². The van der Waals surface area contributed by atoms with Crippen LogP contribution in [-0.2, 0) is 9.59 Å². The van der Waals surface area contributed by atoms with Gasteiger partial charge in [-0.1, -0.05) is 19.4 Å². The maximum atomic E-state index is 12.8. The second-order valence-corrected chi connectivity index (χ2v) is 3.94. The van der Waals surface area contributed by atoms with Gasteiger partial charge in [-0.2, -0.15) is 0 Å². The van der Waals surface area contributed by atoms with Gasteiger partial charge in [0.05, 0.1) is 6.54 Å². The van der Waals surface area contributed by atoms with Crippen LogP contribution in [0.2, 0.25) is 0 Å². The molecule has 18 heavy (non-hydrogen) atoms.